The molecule has 2 fully saturated rings. The molecule has 0 N–H and O–H groups in total. The van der Waals surface area contributed by atoms with Gasteiger partial charge in [-0.2, -0.15) is 4.36 Å². The number of amides is 1. The van der Waals surface area contributed by atoms with E-state index in [9.17, 15) is 9.00 Å². The second-order valence-electron chi connectivity index (χ2n) is 8.27. The summed E-state index contributed by atoms with van der Waals surface area (Å²) >= 11 is 0. The number of carbonyl (C=O) groups is 1. The maximum Gasteiger partial charge on any atom is 0.232 e. The van der Waals surface area contributed by atoms with E-state index in [1.807, 2.05) is 56.0 Å². The van der Waals surface area contributed by atoms with Crippen LogP contribution in [0.15, 0.2) is 46.8 Å². The number of hydrogen-bond acceptors (Lipinski definition) is 4. The molecule has 3 rings (SSSR count). The Morgan fingerprint density at radius 2 is 1.89 bits per heavy atom. The number of benzene rings is 1. The topological polar surface area (TPSA) is 59.0 Å². The molecule has 2 aliphatic heterocycles. The molecule has 2 heterocycles. The fourth-order valence-electron chi connectivity index (χ4n) is 3.59. The smallest absolute Gasteiger partial charge is 0.232 e. The van der Waals surface area contributed by atoms with E-state index < -0.39 is 20.7 Å². The van der Waals surface area contributed by atoms with Gasteiger partial charge in [0.15, 0.2) is 0 Å². The van der Waals surface area contributed by atoms with E-state index in [-0.39, 0.29) is 5.91 Å². The van der Waals surface area contributed by atoms with Crippen LogP contribution in [0.4, 0.5) is 5.69 Å². The predicted molar refractivity (Wildman–Crippen MR) is 109 cm³/mol. The molecule has 27 heavy (non-hydrogen) atoms. The molecule has 5 nitrogen and oxygen atoms in total. The van der Waals surface area contributed by atoms with Gasteiger partial charge in [-0.25, -0.2) is 4.21 Å². The van der Waals surface area contributed by atoms with Crippen molar-refractivity contribution in [3.8, 4) is 0 Å². The van der Waals surface area contributed by atoms with Crippen LogP contribution < -0.4 is 0 Å². The zero-order valence-corrected chi connectivity index (χ0v) is 17.4. The lowest BCUT2D eigenvalue weighted by molar-refractivity contribution is -0.158. The van der Waals surface area contributed by atoms with E-state index in [4.69, 9.17) is 4.74 Å². The molecule has 1 amide bonds. The van der Waals surface area contributed by atoms with Crippen molar-refractivity contribution in [3.63, 3.8) is 0 Å². The summed E-state index contributed by atoms with van der Waals surface area (Å²) in [6.07, 6.45) is 1.33. The molecule has 0 atom stereocenters. The largest absolute Gasteiger partial charge is 0.371 e. The van der Waals surface area contributed by atoms with Crippen LogP contribution in [-0.2, 0) is 19.3 Å². The summed E-state index contributed by atoms with van der Waals surface area (Å²) in [7, 11) is -2.27. The molecule has 1 aromatic carbocycles. The van der Waals surface area contributed by atoms with Gasteiger partial charge in [0.25, 0.3) is 0 Å². The van der Waals surface area contributed by atoms with Crippen molar-refractivity contribution in [1.29, 1.82) is 0 Å². The van der Waals surface area contributed by atoms with Crippen molar-refractivity contribution in [2.45, 2.75) is 39.2 Å². The molecule has 2 aliphatic rings. The second-order valence-corrected chi connectivity index (χ2v) is 10.8. The van der Waals surface area contributed by atoms with Gasteiger partial charge in [0, 0.05) is 24.6 Å². The summed E-state index contributed by atoms with van der Waals surface area (Å²) in [5.41, 5.74) is 0.652. The molecule has 0 saturated carbocycles. The fraction of sp³-hybridized carbons (Fsp3) is 0.571. The van der Waals surface area contributed by atoms with Gasteiger partial charge in [-0.15, -0.1) is 0 Å². The normalized spacial score (nSPS) is 28.8. The molecule has 6 heteroatoms. The molecule has 0 unspecified atom stereocenters. The van der Waals surface area contributed by atoms with E-state index in [1.165, 1.54) is 0 Å². The monoisotopic (exact) mass is 390 g/mol. The molecule has 1 spiro atoms. The summed E-state index contributed by atoms with van der Waals surface area (Å²) in [6, 6.07) is 9.50. The van der Waals surface area contributed by atoms with Gasteiger partial charge in [-0.05, 0) is 45.7 Å². The van der Waals surface area contributed by atoms with Gasteiger partial charge in [0.05, 0.1) is 33.0 Å². The fourth-order valence-corrected chi connectivity index (χ4v) is 5.86. The summed E-state index contributed by atoms with van der Waals surface area (Å²) < 4.78 is 23.8. The maximum atomic E-state index is 13.2. The van der Waals surface area contributed by atoms with Crippen LogP contribution in [0.25, 0.3) is 0 Å². The van der Waals surface area contributed by atoms with Crippen LogP contribution >= 0.6 is 0 Å². The highest BCUT2D eigenvalue weighted by molar-refractivity contribution is 7.93. The minimum atomic E-state index is -2.27. The van der Waals surface area contributed by atoms with Gasteiger partial charge in [-0.3, -0.25) is 4.79 Å². The molecule has 0 aromatic heterocycles. The van der Waals surface area contributed by atoms with Gasteiger partial charge in [0.2, 0.25) is 5.91 Å². The average molecular weight is 391 g/mol. The summed E-state index contributed by atoms with van der Waals surface area (Å²) in [6.45, 7) is 11.4. The van der Waals surface area contributed by atoms with Crippen LogP contribution in [-0.4, -0.2) is 51.8 Å². The second kappa shape index (κ2) is 7.40. The minimum Gasteiger partial charge on any atom is -0.371 e. The zero-order chi connectivity index (χ0) is 19.7. The molecule has 148 valence electrons. The molecule has 0 bridgehead atoms. The molecule has 0 aliphatic carbocycles. The number of hydrogen-bond donors (Lipinski definition) is 0. The lowest BCUT2D eigenvalue weighted by atomic mass is 9.83. The standard InChI is InChI=1S/C21H30N2O3S/c1-17(2)20(3,4)19(24)23-12-13-26-21(16-23)10-14-27(25,15-11-21)22-18-8-6-5-7-9-18/h5-9H,1,10-16H2,2-4H3. The van der Waals surface area contributed by atoms with Crippen LogP contribution in [0.5, 0.6) is 0 Å². The molecular weight excluding hydrogens is 360 g/mol. The highest BCUT2D eigenvalue weighted by atomic mass is 32.2. The first kappa shape index (κ1) is 20.1. The van der Waals surface area contributed by atoms with Crippen molar-refractivity contribution in [3.05, 3.63) is 42.5 Å². The Labute approximate surface area is 163 Å². The van der Waals surface area contributed by atoms with Crippen LogP contribution in [0.2, 0.25) is 0 Å². The molecular formula is C21H30N2O3S. The predicted octanol–water partition coefficient (Wildman–Crippen LogP) is 3.78. The van der Waals surface area contributed by atoms with Crippen molar-refractivity contribution in [2.75, 3.05) is 31.2 Å². The number of rotatable bonds is 3. The lowest BCUT2D eigenvalue weighted by Crippen LogP contribution is -2.58. The molecule has 0 radical (unpaired) electrons. The lowest BCUT2D eigenvalue weighted by Gasteiger charge is -2.47. The molecule has 1 aromatic rings. The van der Waals surface area contributed by atoms with Crippen LogP contribution in [0.3, 0.4) is 0 Å². The van der Waals surface area contributed by atoms with Crippen molar-refractivity contribution < 1.29 is 13.7 Å². The Hall–Kier alpha value is -1.66. The highest BCUT2D eigenvalue weighted by Gasteiger charge is 2.44. The first-order valence-electron chi connectivity index (χ1n) is 9.53. The number of ether oxygens (including phenoxy) is 1. The Morgan fingerprint density at radius 1 is 1.26 bits per heavy atom. The Morgan fingerprint density at radius 3 is 2.48 bits per heavy atom. The third-order valence-corrected chi connectivity index (χ3v) is 8.15. The van der Waals surface area contributed by atoms with Gasteiger partial charge in [0.1, 0.15) is 0 Å². The van der Waals surface area contributed by atoms with Crippen molar-refractivity contribution in [2.24, 2.45) is 9.78 Å². The van der Waals surface area contributed by atoms with Crippen molar-refractivity contribution in [1.82, 2.24) is 4.90 Å². The third kappa shape index (κ3) is 4.27. The minimum absolute atomic E-state index is 0.0953. The van der Waals surface area contributed by atoms with Crippen LogP contribution in [0.1, 0.15) is 33.6 Å². The van der Waals surface area contributed by atoms with E-state index in [0.717, 1.165) is 11.3 Å². The van der Waals surface area contributed by atoms with Crippen LogP contribution in [0, 0.1) is 5.41 Å². The number of carbonyl (C=O) groups excluding carboxylic acids is 1. The van der Waals surface area contributed by atoms with E-state index in [2.05, 4.69) is 10.9 Å². The van der Waals surface area contributed by atoms with E-state index in [0.29, 0.717) is 44.0 Å². The number of morpholine rings is 1. The van der Waals surface area contributed by atoms with Crippen molar-refractivity contribution >= 4 is 21.3 Å². The zero-order valence-electron chi connectivity index (χ0n) is 16.6. The highest BCUT2D eigenvalue weighted by Crippen LogP contribution is 2.35. The van der Waals surface area contributed by atoms with Gasteiger partial charge < -0.3 is 9.64 Å². The first-order chi connectivity index (χ1) is 12.7. The van der Waals surface area contributed by atoms with E-state index >= 15 is 0 Å². The van der Waals surface area contributed by atoms with E-state index in [1.54, 1.807) is 0 Å². The third-order valence-electron chi connectivity index (χ3n) is 5.92. The Bertz CT molecular complexity index is 824. The Balaban J connectivity index is 1.72. The van der Waals surface area contributed by atoms with Gasteiger partial charge in [-0.1, -0.05) is 30.4 Å². The molecule has 2 saturated heterocycles. The summed E-state index contributed by atoms with van der Waals surface area (Å²) in [5, 5.41) is 0. The maximum absolute atomic E-state index is 13.2. The quantitative estimate of drug-likeness (QED) is 0.738. The SMILES string of the molecule is C=C(C)C(C)(C)C(=O)N1CCOC2(CCS(=O)(=Nc3ccccc3)CC2)C1. The summed E-state index contributed by atoms with van der Waals surface area (Å²) in [5.74, 6) is 1.11. The average Bonchev–Trinajstić information content (AvgIpc) is 2.65. The van der Waals surface area contributed by atoms with Gasteiger partial charge >= 0.3 is 0 Å². The Kier molecular flexibility index (Phi) is 5.50. The summed E-state index contributed by atoms with van der Waals surface area (Å²) in [4.78, 5) is 14.9. The first-order valence-corrected chi connectivity index (χ1v) is 11.4. The number of nitrogens with zero attached hydrogens (tertiary/aromatic N) is 2.